The molecule has 3 amide bonds. The van der Waals surface area contributed by atoms with E-state index in [-0.39, 0.29) is 29.0 Å². The predicted molar refractivity (Wildman–Crippen MR) is 124 cm³/mol. The third kappa shape index (κ3) is 4.93. The molecule has 0 radical (unpaired) electrons. The van der Waals surface area contributed by atoms with E-state index in [0.29, 0.717) is 4.31 Å². The fraction of sp³-hybridized carbons (Fsp3) is 0.375. The van der Waals surface area contributed by atoms with Crippen molar-refractivity contribution in [2.75, 3.05) is 6.54 Å². The van der Waals surface area contributed by atoms with Crippen LogP contribution >= 0.6 is 0 Å². The predicted octanol–water partition coefficient (Wildman–Crippen LogP) is 2.47. The highest BCUT2D eigenvalue weighted by molar-refractivity contribution is 7.90. The van der Waals surface area contributed by atoms with Gasteiger partial charge in [-0.2, -0.15) is 0 Å². The van der Waals surface area contributed by atoms with Crippen molar-refractivity contribution in [2.45, 2.75) is 57.6 Å². The lowest BCUT2D eigenvalue weighted by Crippen LogP contribution is -2.52. The zero-order chi connectivity index (χ0) is 24.3. The first-order valence-corrected chi connectivity index (χ1v) is 12.3. The first kappa shape index (κ1) is 24.4. The van der Waals surface area contributed by atoms with Crippen molar-refractivity contribution < 1.29 is 22.8 Å². The second-order valence-corrected chi connectivity index (χ2v) is 10.1. The molecule has 0 fully saturated rings. The van der Waals surface area contributed by atoms with Crippen LogP contribution in [0.2, 0.25) is 0 Å². The number of nitrogens with one attached hydrogen (secondary N) is 1. The lowest BCUT2D eigenvalue weighted by atomic mass is 10.1. The second kappa shape index (κ2) is 9.74. The summed E-state index contributed by atoms with van der Waals surface area (Å²) in [6, 6.07) is 12.4. The van der Waals surface area contributed by atoms with Gasteiger partial charge in [0.25, 0.3) is 15.9 Å². The number of fused-ring (bicyclic) bond motifs is 1. The molecule has 1 N–H and O–H groups in total. The average molecular weight is 472 g/mol. The number of benzene rings is 2. The van der Waals surface area contributed by atoms with E-state index in [1.807, 2.05) is 45.0 Å². The Morgan fingerprint density at radius 1 is 1.06 bits per heavy atom. The molecule has 0 saturated heterocycles. The van der Waals surface area contributed by atoms with E-state index in [2.05, 4.69) is 5.32 Å². The van der Waals surface area contributed by atoms with Crippen LogP contribution in [0.3, 0.4) is 0 Å². The van der Waals surface area contributed by atoms with Gasteiger partial charge in [-0.1, -0.05) is 43.3 Å². The van der Waals surface area contributed by atoms with Gasteiger partial charge in [-0.05, 0) is 50.5 Å². The van der Waals surface area contributed by atoms with E-state index in [4.69, 9.17) is 0 Å². The Balaban J connectivity index is 1.90. The molecule has 2 aromatic carbocycles. The molecule has 0 saturated carbocycles. The molecule has 2 aromatic rings. The van der Waals surface area contributed by atoms with Crippen LogP contribution in [-0.4, -0.2) is 54.0 Å². The van der Waals surface area contributed by atoms with Gasteiger partial charge in [0.15, 0.2) is 0 Å². The molecule has 176 valence electrons. The molecule has 1 aliphatic heterocycles. The van der Waals surface area contributed by atoms with Crippen molar-refractivity contribution >= 4 is 27.7 Å². The summed E-state index contributed by atoms with van der Waals surface area (Å²) in [6.45, 7) is 6.73. The van der Waals surface area contributed by atoms with Crippen LogP contribution in [0.25, 0.3) is 0 Å². The summed E-state index contributed by atoms with van der Waals surface area (Å²) in [7, 11) is -4.14. The minimum atomic E-state index is -4.14. The maximum atomic E-state index is 13.4. The van der Waals surface area contributed by atoms with E-state index < -0.39 is 34.4 Å². The molecule has 3 rings (SSSR count). The molecule has 1 heterocycles. The van der Waals surface area contributed by atoms with Crippen molar-refractivity contribution in [3.05, 3.63) is 65.2 Å². The number of hydrogen-bond acceptors (Lipinski definition) is 5. The van der Waals surface area contributed by atoms with E-state index in [1.54, 1.807) is 13.0 Å². The van der Waals surface area contributed by atoms with Crippen LogP contribution < -0.4 is 5.32 Å². The van der Waals surface area contributed by atoms with Gasteiger partial charge in [-0.15, -0.1) is 0 Å². The van der Waals surface area contributed by atoms with Crippen molar-refractivity contribution in [3.8, 4) is 0 Å². The van der Waals surface area contributed by atoms with Crippen LogP contribution in [0, 0.1) is 6.92 Å². The molecule has 33 heavy (non-hydrogen) atoms. The molecule has 0 bridgehead atoms. The highest BCUT2D eigenvalue weighted by Gasteiger charge is 2.43. The van der Waals surface area contributed by atoms with Gasteiger partial charge in [0.2, 0.25) is 11.8 Å². The molecule has 2 atom stereocenters. The van der Waals surface area contributed by atoms with Crippen LogP contribution in [0.4, 0.5) is 0 Å². The monoisotopic (exact) mass is 471 g/mol. The number of sulfonamides is 1. The molecule has 0 aliphatic carbocycles. The Hall–Kier alpha value is -3.20. The summed E-state index contributed by atoms with van der Waals surface area (Å²) >= 11 is 0. The van der Waals surface area contributed by atoms with E-state index in [0.717, 1.165) is 17.5 Å². The van der Waals surface area contributed by atoms with Gasteiger partial charge < -0.3 is 10.2 Å². The van der Waals surface area contributed by atoms with Crippen LogP contribution in [0.5, 0.6) is 0 Å². The number of carbonyl (C=O) groups is 3. The number of hydrogen-bond donors (Lipinski definition) is 1. The fourth-order valence-electron chi connectivity index (χ4n) is 3.62. The summed E-state index contributed by atoms with van der Waals surface area (Å²) in [5.74, 6) is -1.72. The zero-order valence-electron chi connectivity index (χ0n) is 19.2. The topological polar surface area (TPSA) is 104 Å². The van der Waals surface area contributed by atoms with Crippen LogP contribution in [-0.2, 0) is 26.2 Å². The summed E-state index contributed by atoms with van der Waals surface area (Å²) in [4.78, 5) is 40.2. The zero-order valence-corrected chi connectivity index (χ0v) is 20.1. The number of nitrogens with zero attached hydrogens (tertiary/aromatic N) is 2. The highest BCUT2D eigenvalue weighted by Crippen LogP contribution is 2.30. The second-order valence-electron chi connectivity index (χ2n) is 8.25. The lowest BCUT2D eigenvalue weighted by Gasteiger charge is -2.31. The Labute approximate surface area is 194 Å². The van der Waals surface area contributed by atoms with Crippen molar-refractivity contribution in [3.63, 3.8) is 0 Å². The molecular formula is C24H29N3O5S. The van der Waals surface area contributed by atoms with Gasteiger partial charge in [0, 0.05) is 12.6 Å². The average Bonchev–Trinajstić information content (AvgIpc) is 2.98. The summed E-state index contributed by atoms with van der Waals surface area (Å²) in [5, 5.41) is 2.87. The fourth-order valence-corrected chi connectivity index (χ4v) is 5.14. The molecule has 2 unspecified atom stereocenters. The molecule has 8 nitrogen and oxygen atoms in total. The van der Waals surface area contributed by atoms with Gasteiger partial charge in [-0.25, -0.2) is 12.7 Å². The van der Waals surface area contributed by atoms with E-state index in [9.17, 15) is 22.8 Å². The number of carbonyl (C=O) groups excluding carboxylic acids is 3. The first-order chi connectivity index (χ1) is 15.6. The largest absolute Gasteiger partial charge is 0.352 e. The maximum Gasteiger partial charge on any atom is 0.269 e. The molecule has 9 heteroatoms. The van der Waals surface area contributed by atoms with E-state index in [1.165, 1.54) is 23.1 Å². The van der Waals surface area contributed by atoms with Crippen LogP contribution in [0.1, 0.15) is 48.7 Å². The quantitative estimate of drug-likeness (QED) is 0.637. The SMILES string of the molecule is CCC(C)NC(=O)C(C)N(Cc1ccccc1C)C(=O)CN1C(=O)c2ccccc2S1(=O)=O. The van der Waals surface area contributed by atoms with Gasteiger partial charge in [0.1, 0.15) is 17.5 Å². The van der Waals surface area contributed by atoms with Gasteiger partial charge in [0.05, 0.1) is 5.56 Å². The summed E-state index contributed by atoms with van der Waals surface area (Å²) in [6.07, 6.45) is 0.725. The number of aryl methyl sites for hydroxylation is 1. The molecular weight excluding hydrogens is 442 g/mol. The minimum absolute atomic E-state index is 0.0401. The molecule has 0 aromatic heterocycles. The van der Waals surface area contributed by atoms with Crippen molar-refractivity contribution in [1.82, 2.24) is 14.5 Å². The third-order valence-corrected chi connectivity index (χ3v) is 7.75. The standard InChI is InChI=1S/C24H29N3O5S/c1-5-17(3)25-23(29)18(4)26(14-19-11-7-6-10-16(19)2)22(28)15-27-24(30)20-12-8-9-13-21(20)33(27,31)32/h6-13,17-18H,5,14-15H2,1-4H3,(H,25,29). The smallest absolute Gasteiger partial charge is 0.269 e. The Morgan fingerprint density at radius 2 is 1.70 bits per heavy atom. The number of amides is 3. The lowest BCUT2D eigenvalue weighted by molar-refractivity contribution is -0.140. The maximum absolute atomic E-state index is 13.4. The highest BCUT2D eigenvalue weighted by atomic mass is 32.2. The van der Waals surface area contributed by atoms with Gasteiger partial charge >= 0.3 is 0 Å². The van der Waals surface area contributed by atoms with Crippen molar-refractivity contribution in [2.24, 2.45) is 0 Å². The Morgan fingerprint density at radius 3 is 2.33 bits per heavy atom. The normalized spacial score (nSPS) is 16.1. The van der Waals surface area contributed by atoms with Crippen molar-refractivity contribution in [1.29, 1.82) is 0 Å². The molecule has 1 aliphatic rings. The van der Waals surface area contributed by atoms with E-state index >= 15 is 0 Å². The Kier molecular flexibility index (Phi) is 7.22. The van der Waals surface area contributed by atoms with Gasteiger partial charge in [-0.3, -0.25) is 14.4 Å². The summed E-state index contributed by atoms with van der Waals surface area (Å²) < 4.78 is 26.4. The summed E-state index contributed by atoms with van der Waals surface area (Å²) in [5.41, 5.74) is 1.80. The molecule has 0 spiro atoms. The third-order valence-electron chi connectivity index (χ3n) is 5.96. The van der Waals surface area contributed by atoms with Crippen LogP contribution in [0.15, 0.2) is 53.4 Å². The number of rotatable bonds is 8. The minimum Gasteiger partial charge on any atom is -0.352 e. The Bertz CT molecular complexity index is 1180. The first-order valence-electron chi connectivity index (χ1n) is 10.9.